The lowest BCUT2D eigenvalue weighted by Gasteiger charge is -2.26. The molecular weight excluding hydrogens is 438 g/mol. The maximum absolute atomic E-state index is 13.0. The van der Waals surface area contributed by atoms with Gasteiger partial charge in [0.05, 0.1) is 7.11 Å². The highest BCUT2D eigenvalue weighted by atomic mass is 16.5. The van der Waals surface area contributed by atoms with Gasteiger partial charge in [-0.05, 0) is 44.7 Å². The molecule has 2 rings (SSSR count). The number of nitrogens with zero attached hydrogens (tertiary/aromatic N) is 4. The third-order valence-electron chi connectivity index (χ3n) is 5.95. The lowest BCUT2D eigenvalue weighted by molar-refractivity contribution is -0.116. The van der Waals surface area contributed by atoms with Crippen LogP contribution in [-0.2, 0) is 4.79 Å². The number of benzene rings is 1. The molecule has 0 radical (unpaired) electrons. The molecule has 0 spiro atoms. The van der Waals surface area contributed by atoms with Crippen LogP contribution in [0.25, 0.3) is 0 Å². The number of methoxy groups -OCH3 is 1. The highest BCUT2D eigenvalue weighted by Crippen LogP contribution is 2.32. The van der Waals surface area contributed by atoms with Crippen LogP contribution in [0.5, 0.6) is 5.88 Å². The first-order valence-electron chi connectivity index (χ1n) is 13.3. The van der Waals surface area contributed by atoms with Crippen LogP contribution in [0.3, 0.4) is 0 Å². The molecular formula is C28H45N5O2. The van der Waals surface area contributed by atoms with Crippen LogP contribution in [0.15, 0.2) is 30.3 Å². The number of amides is 1. The van der Waals surface area contributed by atoms with Crippen LogP contribution in [0.1, 0.15) is 78.0 Å². The van der Waals surface area contributed by atoms with E-state index in [9.17, 15) is 4.79 Å². The summed E-state index contributed by atoms with van der Waals surface area (Å²) in [7, 11) is 1.58. The molecule has 7 nitrogen and oxygen atoms in total. The largest absolute Gasteiger partial charge is 0.479 e. The van der Waals surface area contributed by atoms with E-state index in [1.807, 2.05) is 13.0 Å². The van der Waals surface area contributed by atoms with Crippen LogP contribution in [-0.4, -0.2) is 49.2 Å². The van der Waals surface area contributed by atoms with Gasteiger partial charge in [-0.3, -0.25) is 4.79 Å². The molecule has 0 aliphatic rings. The van der Waals surface area contributed by atoms with Crippen molar-refractivity contribution in [1.29, 1.82) is 0 Å². The van der Waals surface area contributed by atoms with Gasteiger partial charge in [-0.25, -0.2) is 4.98 Å². The van der Waals surface area contributed by atoms with Crippen molar-refractivity contribution >= 4 is 23.1 Å². The van der Waals surface area contributed by atoms with Gasteiger partial charge in [0.15, 0.2) is 5.82 Å². The Kier molecular flexibility index (Phi) is 12.9. The molecule has 0 unspecified atom stereocenters. The van der Waals surface area contributed by atoms with Crippen molar-refractivity contribution in [1.82, 2.24) is 9.97 Å². The lowest BCUT2D eigenvalue weighted by Crippen LogP contribution is -2.29. The number of carbonyl (C=O) groups is 1. The monoisotopic (exact) mass is 483 g/mol. The first kappa shape index (κ1) is 28.4. The Bertz CT molecular complexity index is 869. The number of unbranched alkanes of at least 4 members (excludes halogenated alkanes) is 3. The van der Waals surface area contributed by atoms with Gasteiger partial charge in [0.2, 0.25) is 11.8 Å². The standard InChI is InChI=1S/C28H45N5O2/c1-6-9-10-14-21-32(24-16-12-11-13-17-24)22-15-18-25(34)31-26-27(33(19-7-2)20-8-3)29-23(4)30-28(26)35-5/h11-13,16-17H,6-10,14-15,18-22H2,1-5H3,(H,31,34). The van der Waals surface area contributed by atoms with Crippen molar-refractivity contribution in [3.05, 3.63) is 36.2 Å². The van der Waals surface area contributed by atoms with Crippen LogP contribution >= 0.6 is 0 Å². The Hall–Kier alpha value is -2.83. The fraction of sp³-hybridized carbons (Fsp3) is 0.607. The van der Waals surface area contributed by atoms with E-state index in [4.69, 9.17) is 4.74 Å². The number of carbonyl (C=O) groups excluding carboxylic acids is 1. The van der Waals surface area contributed by atoms with Gasteiger partial charge in [0, 0.05) is 38.3 Å². The molecule has 0 bridgehead atoms. The number of para-hydroxylation sites is 1. The number of hydrogen-bond donors (Lipinski definition) is 1. The minimum atomic E-state index is -0.0380. The Morgan fingerprint density at radius 3 is 2.17 bits per heavy atom. The normalized spacial score (nSPS) is 10.8. The van der Waals surface area contributed by atoms with Crippen LogP contribution in [0.2, 0.25) is 0 Å². The van der Waals surface area contributed by atoms with E-state index in [1.165, 1.54) is 31.4 Å². The average Bonchev–Trinajstić information content (AvgIpc) is 2.86. The maximum atomic E-state index is 13.0. The highest BCUT2D eigenvalue weighted by Gasteiger charge is 2.21. The molecule has 0 aliphatic carbocycles. The number of aryl methyl sites for hydroxylation is 1. The predicted octanol–water partition coefficient (Wildman–Crippen LogP) is 6.23. The van der Waals surface area contributed by atoms with E-state index in [-0.39, 0.29) is 5.91 Å². The zero-order valence-electron chi connectivity index (χ0n) is 22.5. The maximum Gasteiger partial charge on any atom is 0.243 e. The van der Waals surface area contributed by atoms with E-state index in [0.29, 0.717) is 23.8 Å². The van der Waals surface area contributed by atoms with E-state index in [2.05, 4.69) is 70.1 Å². The zero-order valence-corrected chi connectivity index (χ0v) is 22.5. The second kappa shape index (κ2) is 16.0. The molecule has 0 aliphatic heterocycles. The van der Waals surface area contributed by atoms with Gasteiger partial charge < -0.3 is 19.9 Å². The topological polar surface area (TPSA) is 70.6 Å². The summed E-state index contributed by atoms with van der Waals surface area (Å²) in [6.07, 6.45) is 8.08. The molecule has 1 N–H and O–H groups in total. The number of ether oxygens (including phenoxy) is 1. The summed E-state index contributed by atoms with van der Waals surface area (Å²) < 4.78 is 5.54. The number of anilines is 3. The fourth-order valence-corrected chi connectivity index (χ4v) is 4.25. The molecule has 0 fully saturated rings. The molecule has 1 aromatic carbocycles. The Balaban J connectivity index is 2.07. The third-order valence-corrected chi connectivity index (χ3v) is 5.95. The SMILES string of the molecule is CCCCCCN(CCCC(=O)Nc1c(OC)nc(C)nc1N(CCC)CCC)c1ccccc1. The van der Waals surface area contributed by atoms with Crippen molar-refractivity contribution < 1.29 is 9.53 Å². The first-order chi connectivity index (χ1) is 17.0. The molecule has 35 heavy (non-hydrogen) atoms. The molecule has 0 atom stereocenters. The molecule has 2 aromatic rings. The lowest BCUT2D eigenvalue weighted by atomic mass is 10.1. The van der Waals surface area contributed by atoms with Gasteiger partial charge in [0.1, 0.15) is 11.5 Å². The summed E-state index contributed by atoms with van der Waals surface area (Å²) in [5.74, 6) is 1.76. The summed E-state index contributed by atoms with van der Waals surface area (Å²) in [5.41, 5.74) is 1.79. The van der Waals surface area contributed by atoms with Crippen molar-refractivity contribution in [3.63, 3.8) is 0 Å². The summed E-state index contributed by atoms with van der Waals surface area (Å²) in [4.78, 5) is 26.7. The van der Waals surface area contributed by atoms with Crippen molar-refractivity contribution in [3.8, 4) is 5.88 Å². The molecule has 1 aromatic heterocycles. The second-order valence-electron chi connectivity index (χ2n) is 9.00. The predicted molar refractivity (Wildman–Crippen MR) is 147 cm³/mol. The first-order valence-corrected chi connectivity index (χ1v) is 13.3. The number of hydrogen-bond acceptors (Lipinski definition) is 6. The molecule has 1 amide bonds. The average molecular weight is 484 g/mol. The smallest absolute Gasteiger partial charge is 0.243 e. The Morgan fingerprint density at radius 1 is 0.857 bits per heavy atom. The number of rotatable bonds is 17. The molecule has 0 saturated carbocycles. The molecule has 0 saturated heterocycles. The number of nitrogens with one attached hydrogen (secondary N) is 1. The van der Waals surface area contributed by atoms with Gasteiger partial charge in [-0.2, -0.15) is 4.98 Å². The zero-order chi connectivity index (χ0) is 25.5. The van der Waals surface area contributed by atoms with Crippen molar-refractivity contribution in [2.24, 2.45) is 0 Å². The summed E-state index contributed by atoms with van der Waals surface area (Å²) in [6, 6.07) is 10.5. The van der Waals surface area contributed by atoms with Crippen molar-refractivity contribution in [2.75, 3.05) is 48.4 Å². The third kappa shape index (κ3) is 9.38. The molecule has 194 valence electrons. The van der Waals surface area contributed by atoms with E-state index < -0.39 is 0 Å². The molecule has 7 heteroatoms. The van der Waals surface area contributed by atoms with Gasteiger partial charge in [-0.1, -0.05) is 58.2 Å². The minimum Gasteiger partial charge on any atom is -0.479 e. The second-order valence-corrected chi connectivity index (χ2v) is 9.00. The van der Waals surface area contributed by atoms with Crippen LogP contribution in [0, 0.1) is 6.92 Å². The number of aromatic nitrogens is 2. The fourth-order valence-electron chi connectivity index (χ4n) is 4.25. The van der Waals surface area contributed by atoms with Crippen molar-refractivity contribution in [2.45, 2.75) is 79.1 Å². The summed E-state index contributed by atoms with van der Waals surface area (Å²) in [5, 5.41) is 3.08. The summed E-state index contributed by atoms with van der Waals surface area (Å²) >= 11 is 0. The minimum absolute atomic E-state index is 0.0380. The molecule has 1 heterocycles. The Morgan fingerprint density at radius 2 is 1.54 bits per heavy atom. The summed E-state index contributed by atoms with van der Waals surface area (Å²) in [6.45, 7) is 12.0. The van der Waals surface area contributed by atoms with Gasteiger partial charge in [-0.15, -0.1) is 0 Å². The van der Waals surface area contributed by atoms with Gasteiger partial charge in [0.25, 0.3) is 0 Å². The Labute approximate surface area is 212 Å². The van der Waals surface area contributed by atoms with E-state index in [1.54, 1.807) is 7.11 Å². The van der Waals surface area contributed by atoms with Crippen LogP contribution in [0.4, 0.5) is 17.2 Å². The quantitative estimate of drug-likeness (QED) is 0.269. The van der Waals surface area contributed by atoms with E-state index >= 15 is 0 Å². The van der Waals surface area contributed by atoms with E-state index in [0.717, 1.165) is 51.3 Å². The van der Waals surface area contributed by atoms with Gasteiger partial charge >= 0.3 is 0 Å². The highest BCUT2D eigenvalue weighted by molar-refractivity contribution is 5.95. The van der Waals surface area contributed by atoms with Crippen LogP contribution < -0.4 is 19.9 Å².